The number of hydrogen-bond donors (Lipinski definition) is 1. The summed E-state index contributed by atoms with van der Waals surface area (Å²) in [7, 11) is -3.73. The molecule has 31 heavy (non-hydrogen) atoms. The second-order valence-electron chi connectivity index (χ2n) is 8.78. The molecule has 0 saturated carbocycles. The van der Waals surface area contributed by atoms with Crippen LogP contribution in [0.2, 0.25) is 0 Å². The highest BCUT2D eigenvalue weighted by Crippen LogP contribution is 2.32. The quantitative estimate of drug-likeness (QED) is 0.771. The van der Waals surface area contributed by atoms with Gasteiger partial charge in [0.25, 0.3) is 0 Å². The van der Waals surface area contributed by atoms with Gasteiger partial charge in [0.2, 0.25) is 15.9 Å². The fraction of sp³-hybridized carbons (Fsp3) is 0.458. The third kappa shape index (κ3) is 4.34. The maximum absolute atomic E-state index is 13.6. The van der Waals surface area contributed by atoms with E-state index in [0.29, 0.717) is 37.4 Å². The van der Waals surface area contributed by atoms with Gasteiger partial charge in [0.1, 0.15) is 6.04 Å². The normalized spacial score (nSPS) is 22.1. The van der Waals surface area contributed by atoms with Crippen molar-refractivity contribution < 1.29 is 13.2 Å². The monoisotopic (exact) mass is 441 g/mol. The van der Waals surface area contributed by atoms with E-state index < -0.39 is 16.1 Å². The van der Waals surface area contributed by atoms with Crippen LogP contribution in [0.15, 0.2) is 47.4 Å². The molecule has 1 amide bonds. The number of para-hydroxylation sites is 1. The molecule has 0 aromatic heterocycles. The lowest BCUT2D eigenvalue weighted by Gasteiger charge is -2.28. The first-order chi connectivity index (χ1) is 14.8. The molecule has 6 nitrogen and oxygen atoms in total. The van der Waals surface area contributed by atoms with Crippen LogP contribution in [0, 0.1) is 20.8 Å². The van der Waals surface area contributed by atoms with Crippen molar-refractivity contribution in [2.45, 2.75) is 57.0 Å². The molecule has 0 radical (unpaired) electrons. The smallest absolute Gasteiger partial charge is 0.244 e. The Morgan fingerprint density at radius 3 is 2.35 bits per heavy atom. The summed E-state index contributed by atoms with van der Waals surface area (Å²) in [5, 5.41) is 3.48. The third-order valence-corrected chi connectivity index (χ3v) is 8.52. The van der Waals surface area contributed by atoms with Crippen LogP contribution in [0.5, 0.6) is 0 Å². The van der Waals surface area contributed by atoms with E-state index in [4.69, 9.17) is 0 Å². The summed E-state index contributed by atoms with van der Waals surface area (Å²) in [6.07, 6.45) is 2.14. The molecule has 2 heterocycles. The fourth-order valence-electron chi connectivity index (χ4n) is 5.02. The maximum Gasteiger partial charge on any atom is 0.244 e. The first kappa shape index (κ1) is 21.8. The number of benzene rings is 2. The number of amides is 1. The Hall–Kier alpha value is -2.38. The van der Waals surface area contributed by atoms with Gasteiger partial charge in [-0.25, -0.2) is 8.42 Å². The van der Waals surface area contributed by atoms with E-state index in [9.17, 15) is 13.2 Å². The standard InChI is InChI=1S/C24H31N3O3S/c1-17-14-18(2)23(19(3)15-17)31(29,30)27-12-7-10-22(27)24(28)26-13-11-21(16-26)25-20-8-5-4-6-9-20/h4-6,8-9,14-15,21-22,25H,7,10-13,16H2,1-3H3. The molecule has 0 aliphatic carbocycles. The van der Waals surface area contributed by atoms with Gasteiger partial charge in [-0.15, -0.1) is 0 Å². The summed E-state index contributed by atoms with van der Waals surface area (Å²) >= 11 is 0. The lowest BCUT2D eigenvalue weighted by Crippen LogP contribution is -2.47. The molecule has 2 unspecified atom stereocenters. The van der Waals surface area contributed by atoms with Crippen LogP contribution in [0.25, 0.3) is 0 Å². The Morgan fingerprint density at radius 2 is 1.68 bits per heavy atom. The Bertz CT molecular complexity index is 1050. The second kappa shape index (κ2) is 8.63. The van der Waals surface area contributed by atoms with Crippen LogP contribution in [-0.4, -0.2) is 55.2 Å². The predicted molar refractivity (Wildman–Crippen MR) is 123 cm³/mol. The summed E-state index contributed by atoms with van der Waals surface area (Å²) in [6.45, 7) is 7.27. The maximum atomic E-state index is 13.6. The van der Waals surface area contributed by atoms with Crippen molar-refractivity contribution in [2.24, 2.45) is 0 Å². The Labute approximate surface area is 185 Å². The minimum atomic E-state index is -3.73. The molecule has 2 aliphatic rings. The molecule has 0 spiro atoms. The summed E-state index contributed by atoms with van der Waals surface area (Å²) in [5.74, 6) is -0.0687. The molecular weight excluding hydrogens is 410 g/mol. The average Bonchev–Trinajstić information content (AvgIpc) is 3.37. The van der Waals surface area contributed by atoms with Crippen molar-refractivity contribution in [1.29, 1.82) is 0 Å². The summed E-state index contributed by atoms with van der Waals surface area (Å²) < 4.78 is 28.6. The van der Waals surface area contributed by atoms with Crippen molar-refractivity contribution in [2.75, 3.05) is 25.0 Å². The molecule has 2 atom stereocenters. The fourth-order valence-corrected chi connectivity index (χ4v) is 7.09. The van der Waals surface area contributed by atoms with Crippen LogP contribution in [0.3, 0.4) is 0 Å². The number of carbonyl (C=O) groups excluding carboxylic acids is 1. The largest absolute Gasteiger partial charge is 0.380 e. The van der Waals surface area contributed by atoms with Crippen LogP contribution in [-0.2, 0) is 14.8 Å². The number of aryl methyl sites for hydroxylation is 3. The molecule has 2 aliphatic heterocycles. The van der Waals surface area contributed by atoms with E-state index in [1.54, 1.807) is 0 Å². The highest BCUT2D eigenvalue weighted by molar-refractivity contribution is 7.89. The zero-order valence-electron chi connectivity index (χ0n) is 18.5. The number of likely N-dealkylation sites (tertiary alicyclic amines) is 1. The van der Waals surface area contributed by atoms with Gasteiger partial charge in [-0.3, -0.25) is 4.79 Å². The van der Waals surface area contributed by atoms with Gasteiger partial charge in [-0.2, -0.15) is 4.31 Å². The van der Waals surface area contributed by atoms with Crippen molar-refractivity contribution in [3.63, 3.8) is 0 Å². The summed E-state index contributed by atoms with van der Waals surface area (Å²) in [6, 6.07) is 13.3. The van der Waals surface area contributed by atoms with Crippen molar-refractivity contribution in [1.82, 2.24) is 9.21 Å². The van der Waals surface area contributed by atoms with E-state index in [2.05, 4.69) is 5.32 Å². The Morgan fingerprint density at radius 1 is 1.00 bits per heavy atom. The number of anilines is 1. The van der Waals surface area contributed by atoms with Gasteiger partial charge in [0.15, 0.2) is 0 Å². The Balaban J connectivity index is 1.50. The van der Waals surface area contributed by atoms with Crippen LogP contribution in [0.1, 0.15) is 36.0 Å². The first-order valence-corrected chi connectivity index (χ1v) is 12.4. The SMILES string of the molecule is Cc1cc(C)c(S(=O)(=O)N2CCCC2C(=O)N2CCC(Nc3ccccc3)C2)c(C)c1. The second-order valence-corrected chi connectivity index (χ2v) is 10.6. The van der Waals surface area contributed by atoms with E-state index in [1.165, 1.54) is 4.31 Å². The van der Waals surface area contributed by atoms with Gasteiger partial charge >= 0.3 is 0 Å². The minimum absolute atomic E-state index is 0.0687. The minimum Gasteiger partial charge on any atom is -0.380 e. The average molecular weight is 442 g/mol. The molecule has 2 fully saturated rings. The molecule has 2 aromatic carbocycles. The van der Waals surface area contributed by atoms with Crippen molar-refractivity contribution in [3.8, 4) is 0 Å². The van der Waals surface area contributed by atoms with Crippen LogP contribution in [0.4, 0.5) is 5.69 Å². The third-order valence-electron chi connectivity index (χ3n) is 6.30. The predicted octanol–water partition coefficient (Wildman–Crippen LogP) is 3.48. The molecule has 166 valence electrons. The van der Waals surface area contributed by atoms with E-state index in [-0.39, 0.29) is 11.9 Å². The van der Waals surface area contributed by atoms with E-state index in [1.807, 2.05) is 68.1 Å². The number of nitrogens with zero attached hydrogens (tertiary/aromatic N) is 2. The van der Waals surface area contributed by atoms with Crippen LogP contribution < -0.4 is 5.32 Å². The number of sulfonamides is 1. The molecule has 0 bridgehead atoms. The molecule has 4 rings (SSSR count). The molecular formula is C24H31N3O3S. The van der Waals surface area contributed by atoms with Gasteiger partial charge in [-0.1, -0.05) is 35.9 Å². The zero-order chi connectivity index (χ0) is 22.2. The van der Waals surface area contributed by atoms with Gasteiger partial charge in [0.05, 0.1) is 4.90 Å². The molecule has 2 saturated heterocycles. The number of carbonyl (C=O) groups is 1. The van der Waals surface area contributed by atoms with Crippen molar-refractivity contribution >= 4 is 21.6 Å². The number of nitrogens with one attached hydrogen (secondary N) is 1. The summed E-state index contributed by atoms with van der Waals surface area (Å²) in [4.78, 5) is 15.5. The summed E-state index contributed by atoms with van der Waals surface area (Å²) in [5.41, 5.74) is 3.56. The lowest BCUT2D eigenvalue weighted by atomic mass is 10.1. The van der Waals surface area contributed by atoms with Gasteiger partial charge in [0, 0.05) is 31.4 Å². The Kier molecular flexibility index (Phi) is 6.08. The highest BCUT2D eigenvalue weighted by atomic mass is 32.2. The van der Waals surface area contributed by atoms with Crippen molar-refractivity contribution in [3.05, 3.63) is 59.2 Å². The zero-order valence-corrected chi connectivity index (χ0v) is 19.3. The highest BCUT2D eigenvalue weighted by Gasteiger charge is 2.43. The molecule has 2 aromatic rings. The first-order valence-electron chi connectivity index (χ1n) is 11.0. The number of rotatable bonds is 5. The van der Waals surface area contributed by atoms with Gasteiger partial charge < -0.3 is 10.2 Å². The topological polar surface area (TPSA) is 69.7 Å². The van der Waals surface area contributed by atoms with Crippen LogP contribution >= 0.6 is 0 Å². The number of hydrogen-bond acceptors (Lipinski definition) is 4. The molecule has 1 N–H and O–H groups in total. The molecule has 7 heteroatoms. The van der Waals surface area contributed by atoms with Gasteiger partial charge in [-0.05, 0) is 63.3 Å². The lowest BCUT2D eigenvalue weighted by molar-refractivity contribution is -0.133. The van der Waals surface area contributed by atoms with E-state index >= 15 is 0 Å². The van der Waals surface area contributed by atoms with E-state index in [0.717, 1.165) is 28.8 Å².